The van der Waals surface area contributed by atoms with Crippen LogP contribution in [0.15, 0.2) is 242 Å². The van der Waals surface area contributed by atoms with Gasteiger partial charge < -0.3 is 31.7 Å². The lowest BCUT2D eigenvalue weighted by Gasteiger charge is -2.26. The highest BCUT2D eigenvalue weighted by molar-refractivity contribution is 6.32. The molecule has 0 saturated heterocycles. The maximum atomic E-state index is 7.70. The molecule has 17 aromatic rings. The van der Waals surface area contributed by atoms with Gasteiger partial charge in [-0.1, -0.05) is 109 Å². The predicted molar refractivity (Wildman–Crippen MR) is 299 cm³/mol. The summed E-state index contributed by atoms with van der Waals surface area (Å²) >= 11 is 0. The van der Waals surface area contributed by atoms with Crippen LogP contribution >= 0.6 is 0 Å². The Hall–Kier alpha value is -9.98. The highest BCUT2D eigenvalue weighted by Gasteiger charge is 2.29. The maximum absolute atomic E-state index is 7.70. The smallest absolute Gasteiger partial charge is 0.147 e. The number of hydrogen-bond donors (Lipinski definition) is 0. The van der Waals surface area contributed by atoms with Crippen molar-refractivity contribution in [3.63, 3.8) is 0 Å². The Morgan fingerprint density at radius 3 is 1.32 bits per heavy atom. The molecule has 0 aliphatic rings. The summed E-state index contributed by atoms with van der Waals surface area (Å²) in [7, 11) is 0. The van der Waals surface area contributed by atoms with Crippen molar-refractivity contribution >= 4 is 148 Å². The molecule has 7 heteroatoms. The molecule has 0 atom stereocenters. The topological polar surface area (TPSA) is 65.7 Å². The number of aromatic nitrogens is 2. The maximum Gasteiger partial charge on any atom is 0.147 e. The van der Waals surface area contributed by atoms with Crippen LogP contribution in [-0.2, 0) is 0 Å². The van der Waals surface area contributed by atoms with E-state index in [-0.39, 0.29) is 0 Å². The van der Waals surface area contributed by atoms with Crippen molar-refractivity contribution in [3.8, 4) is 11.4 Å². The Morgan fingerprint density at radius 1 is 0.260 bits per heavy atom. The lowest BCUT2D eigenvalue weighted by molar-refractivity contribution is 0.668. The van der Waals surface area contributed by atoms with Gasteiger partial charge in [0.15, 0.2) is 0 Å². The molecule has 11 aromatic carbocycles. The van der Waals surface area contributed by atoms with E-state index in [1.807, 2.05) is 36.4 Å². The second-order valence-corrected chi connectivity index (χ2v) is 19.1. The van der Waals surface area contributed by atoms with E-state index in [1.54, 1.807) is 0 Å². The molecule has 340 valence electrons. The number of nitrogens with zero attached hydrogens (tertiary/aromatic N) is 3. The highest BCUT2D eigenvalue weighted by atomic mass is 16.3. The van der Waals surface area contributed by atoms with Gasteiger partial charge in [0.05, 0.1) is 43.9 Å². The van der Waals surface area contributed by atoms with Gasteiger partial charge in [-0.05, 0) is 115 Å². The van der Waals surface area contributed by atoms with E-state index in [9.17, 15) is 0 Å². The van der Waals surface area contributed by atoms with Crippen LogP contribution in [0.25, 0.3) is 143 Å². The van der Waals surface area contributed by atoms with E-state index >= 15 is 0 Å². The highest BCUT2D eigenvalue weighted by Crippen LogP contribution is 2.52. The number of benzene rings is 11. The molecular weight excluding hydrogens is 899 g/mol. The minimum atomic E-state index is 0.818. The zero-order chi connectivity index (χ0) is 47.5. The van der Waals surface area contributed by atoms with Crippen LogP contribution in [0.4, 0.5) is 17.1 Å². The van der Waals surface area contributed by atoms with Gasteiger partial charge in [0.1, 0.15) is 44.7 Å². The summed E-state index contributed by atoms with van der Waals surface area (Å²) in [5.74, 6) is 0. The molecule has 0 radical (unpaired) electrons. The van der Waals surface area contributed by atoms with Gasteiger partial charge in [-0.25, -0.2) is 0 Å². The molecule has 7 nitrogen and oxygen atoms in total. The minimum absolute atomic E-state index is 0.818. The van der Waals surface area contributed by atoms with Crippen LogP contribution in [0, 0.1) is 0 Å². The third-order valence-electron chi connectivity index (χ3n) is 15.3. The zero-order valence-electron chi connectivity index (χ0n) is 38.8. The van der Waals surface area contributed by atoms with Gasteiger partial charge in [0, 0.05) is 71.2 Å². The molecular formula is C66H37N3O4. The SMILES string of the molecule is c1ccc(N(c2ccc3oc4ccccc4c3c2)c2cc3c(c4ccccc4n3-c3ccc4oc5ccccc5c4c3)c3oc4c(ccc5c4c4ccccc4n5-c4ccc5oc6ccccc6c5c4)c23)cc1. The largest absolute Gasteiger partial charge is 0.456 e. The lowest BCUT2D eigenvalue weighted by atomic mass is 10.0. The summed E-state index contributed by atoms with van der Waals surface area (Å²) in [5, 5.41) is 12.8. The Bertz CT molecular complexity index is 5180. The standard InChI is InChI=1S/C66H37N3O4/c1-2-14-38(15-3-1)67(39-26-31-59-48(34-39)42-16-6-11-23-56(42)70-59)54-37-55-63(46-20-5-10-22-52(46)69(55)41-28-33-61-50(36-41)44-18-8-13-25-58(44)72-61)66-64(54)47-29-30-53-62(65(47)73-66)45-19-4-9-21-51(45)68(53)40-27-32-60-49(35-40)43-17-7-12-24-57(43)71-60/h1-37H. The van der Waals surface area contributed by atoms with Crippen molar-refractivity contribution in [2.24, 2.45) is 0 Å². The van der Waals surface area contributed by atoms with E-state index in [4.69, 9.17) is 17.7 Å². The number of anilines is 3. The van der Waals surface area contributed by atoms with Gasteiger partial charge in [-0.3, -0.25) is 0 Å². The Kier molecular flexibility index (Phi) is 7.61. The van der Waals surface area contributed by atoms with Crippen molar-refractivity contribution < 1.29 is 17.7 Å². The average molecular weight is 936 g/mol. The van der Waals surface area contributed by atoms with Gasteiger partial charge in [0.2, 0.25) is 0 Å². The summed E-state index contributed by atoms with van der Waals surface area (Å²) in [5.41, 5.74) is 16.1. The van der Waals surface area contributed by atoms with Crippen LogP contribution in [0.1, 0.15) is 0 Å². The number of rotatable bonds is 5. The molecule has 0 unspecified atom stereocenters. The van der Waals surface area contributed by atoms with E-state index in [0.717, 1.165) is 160 Å². The summed E-state index contributed by atoms with van der Waals surface area (Å²) in [6.07, 6.45) is 0. The first-order chi connectivity index (χ1) is 36.2. The van der Waals surface area contributed by atoms with Crippen molar-refractivity contribution in [1.82, 2.24) is 9.13 Å². The van der Waals surface area contributed by atoms with Crippen LogP contribution < -0.4 is 4.90 Å². The zero-order valence-corrected chi connectivity index (χ0v) is 38.8. The molecule has 0 aliphatic heterocycles. The second-order valence-electron chi connectivity index (χ2n) is 19.1. The Morgan fingerprint density at radius 2 is 0.726 bits per heavy atom. The summed E-state index contributed by atoms with van der Waals surface area (Å²) in [6, 6.07) is 79.5. The van der Waals surface area contributed by atoms with Gasteiger partial charge in [0.25, 0.3) is 0 Å². The molecule has 73 heavy (non-hydrogen) atoms. The normalized spacial score (nSPS) is 12.4. The first-order valence-corrected chi connectivity index (χ1v) is 24.6. The van der Waals surface area contributed by atoms with Crippen molar-refractivity contribution in [2.45, 2.75) is 0 Å². The third kappa shape index (κ3) is 5.32. The number of fused-ring (bicyclic) bond motifs is 20. The van der Waals surface area contributed by atoms with Gasteiger partial charge in [-0.15, -0.1) is 0 Å². The van der Waals surface area contributed by atoms with Crippen molar-refractivity contribution in [3.05, 3.63) is 224 Å². The van der Waals surface area contributed by atoms with E-state index in [1.165, 1.54) is 0 Å². The van der Waals surface area contributed by atoms with E-state index in [0.29, 0.717) is 0 Å². The average Bonchev–Trinajstić information content (AvgIpc) is 4.33. The van der Waals surface area contributed by atoms with Crippen LogP contribution in [0.3, 0.4) is 0 Å². The van der Waals surface area contributed by atoms with Crippen molar-refractivity contribution in [2.75, 3.05) is 4.90 Å². The number of hydrogen-bond acceptors (Lipinski definition) is 5. The number of para-hydroxylation sites is 6. The molecule has 0 spiro atoms. The summed E-state index contributed by atoms with van der Waals surface area (Å²) < 4.78 is 31.6. The molecule has 6 aromatic heterocycles. The predicted octanol–water partition coefficient (Wildman–Crippen LogP) is 18.9. The van der Waals surface area contributed by atoms with E-state index in [2.05, 4.69) is 202 Å². The Labute approximate surface area is 414 Å². The van der Waals surface area contributed by atoms with Gasteiger partial charge in [-0.2, -0.15) is 0 Å². The molecule has 0 bridgehead atoms. The van der Waals surface area contributed by atoms with Crippen LogP contribution in [0.5, 0.6) is 0 Å². The third-order valence-corrected chi connectivity index (χ3v) is 15.3. The fraction of sp³-hybridized carbons (Fsp3) is 0. The lowest BCUT2D eigenvalue weighted by Crippen LogP contribution is -2.10. The molecule has 17 rings (SSSR count). The first-order valence-electron chi connectivity index (χ1n) is 24.6. The quantitative estimate of drug-likeness (QED) is 0.172. The molecule has 0 amide bonds. The summed E-state index contributed by atoms with van der Waals surface area (Å²) in [4.78, 5) is 2.39. The fourth-order valence-electron chi connectivity index (χ4n) is 12.2. The van der Waals surface area contributed by atoms with Crippen LogP contribution in [0.2, 0.25) is 0 Å². The van der Waals surface area contributed by atoms with Crippen LogP contribution in [-0.4, -0.2) is 9.13 Å². The van der Waals surface area contributed by atoms with Crippen molar-refractivity contribution in [1.29, 1.82) is 0 Å². The molecule has 0 fully saturated rings. The molecule has 0 aliphatic carbocycles. The van der Waals surface area contributed by atoms with Gasteiger partial charge >= 0.3 is 0 Å². The fourth-order valence-corrected chi connectivity index (χ4v) is 12.2. The Balaban J connectivity index is 1.02. The monoisotopic (exact) mass is 935 g/mol. The second kappa shape index (κ2) is 14.3. The number of furan rings is 4. The van der Waals surface area contributed by atoms with E-state index < -0.39 is 0 Å². The minimum Gasteiger partial charge on any atom is -0.456 e. The molecule has 0 N–H and O–H groups in total. The molecule has 6 heterocycles. The first kappa shape index (κ1) is 38.8. The summed E-state index contributed by atoms with van der Waals surface area (Å²) in [6.45, 7) is 0. The molecule has 0 saturated carbocycles.